The van der Waals surface area contributed by atoms with Crippen molar-refractivity contribution in [2.45, 2.75) is 6.92 Å². The van der Waals surface area contributed by atoms with Gasteiger partial charge in [-0.25, -0.2) is 0 Å². The lowest BCUT2D eigenvalue weighted by atomic mass is 10.1. The van der Waals surface area contributed by atoms with Gasteiger partial charge in [0.15, 0.2) is 4.32 Å². The molecule has 2 heterocycles. The maximum absolute atomic E-state index is 12.5. The Morgan fingerprint density at radius 1 is 1.25 bits per heavy atom. The maximum Gasteiger partial charge on any atom is 0.285 e. The number of amides is 2. The number of carbonyl (C=O) groups excluding carboxylic acids is 2. The van der Waals surface area contributed by atoms with E-state index < -0.39 is 0 Å². The molecule has 2 amide bonds. The first-order chi connectivity index (χ1) is 11.6. The first-order valence-corrected chi connectivity index (χ1v) is 8.34. The van der Waals surface area contributed by atoms with Gasteiger partial charge in [0.1, 0.15) is 0 Å². The van der Waals surface area contributed by atoms with Crippen LogP contribution in [0.2, 0.25) is 0 Å². The van der Waals surface area contributed by atoms with Gasteiger partial charge in [0.25, 0.3) is 11.8 Å². The lowest BCUT2D eigenvalue weighted by Gasteiger charge is -2.16. The van der Waals surface area contributed by atoms with Crippen molar-refractivity contribution in [3.63, 3.8) is 0 Å². The van der Waals surface area contributed by atoms with Gasteiger partial charge in [0.2, 0.25) is 0 Å². The minimum Gasteiger partial charge on any atom is -0.267 e. The molecule has 2 aromatic rings. The van der Waals surface area contributed by atoms with E-state index in [0.29, 0.717) is 16.2 Å². The van der Waals surface area contributed by atoms with E-state index in [0.717, 1.165) is 22.3 Å². The maximum atomic E-state index is 12.5. The lowest BCUT2D eigenvalue weighted by molar-refractivity contribution is -0.123. The molecule has 7 heteroatoms. The Kier molecular flexibility index (Phi) is 4.73. The molecule has 1 aromatic heterocycles. The summed E-state index contributed by atoms with van der Waals surface area (Å²) in [6.07, 6.45) is 3.30. The number of benzene rings is 1. The molecular weight excluding hydrogens is 342 g/mol. The number of carbonyl (C=O) groups is 2. The molecule has 0 saturated carbocycles. The highest BCUT2D eigenvalue weighted by atomic mass is 32.2. The molecule has 120 valence electrons. The minimum atomic E-state index is -0.372. The summed E-state index contributed by atoms with van der Waals surface area (Å²) in [5.74, 6) is -0.735. The van der Waals surface area contributed by atoms with Gasteiger partial charge in [-0.1, -0.05) is 36.0 Å². The zero-order valence-electron chi connectivity index (χ0n) is 12.7. The number of hydrogen-bond donors (Lipinski definition) is 1. The molecule has 1 saturated heterocycles. The molecule has 1 aromatic carbocycles. The molecule has 1 aliphatic rings. The number of aryl methyl sites for hydroxylation is 1. The van der Waals surface area contributed by atoms with E-state index in [4.69, 9.17) is 12.2 Å². The third-order valence-electron chi connectivity index (χ3n) is 3.36. The number of hydrogen-bond acceptors (Lipinski definition) is 5. The first kappa shape index (κ1) is 16.4. The van der Waals surface area contributed by atoms with E-state index in [1.54, 1.807) is 36.5 Å². The zero-order valence-corrected chi connectivity index (χ0v) is 14.4. The van der Waals surface area contributed by atoms with E-state index in [-0.39, 0.29) is 16.1 Å². The summed E-state index contributed by atoms with van der Waals surface area (Å²) in [7, 11) is 0. The van der Waals surface area contributed by atoms with Gasteiger partial charge >= 0.3 is 0 Å². The Labute approximate surface area is 148 Å². The second kappa shape index (κ2) is 6.94. The summed E-state index contributed by atoms with van der Waals surface area (Å²) in [6, 6.07) is 12.6. The van der Waals surface area contributed by atoms with E-state index >= 15 is 0 Å². The van der Waals surface area contributed by atoms with Crippen molar-refractivity contribution in [1.82, 2.24) is 15.4 Å². The monoisotopic (exact) mass is 355 g/mol. The molecule has 1 N–H and O–H groups in total. The number of aromatic nitrogens is 1. The van der Waals surface area contributed by atoms with E-state index in [2.05, 4.69) is 10.4 Å². The Morgan fingerprint density at radius 2 is 2.00 bits per heavy atom. The average Bonchev–Trinajstić information content (AvgIpc) is 2.83. The molecule has 0 atom stereocenters. The van der Waals surface area contributed by atoms with E-state index in [9.17, 15) is 9.59 Å². The Bertz CT molecular complexity index is 850. The van der Waals surface area contributed by atoms with Crippen molar-refractivity contribution >= 4 is 46.2 Å². The van der Waals surface area contributed by atoms with Crippen molar-refractivity contribution in [3.05, 3.63) is 70.4 Å². The Balaban J connectivity index is 1.79. The topological polar surface area (TPSA) is 62.3 Å². The molecule has 0 radical (unpaired) electrons. The molecular formula is C17H13N3O2S2. The highest BCUT2D eigenvalue weighted by Gasteiger charge is 2.34. The second-order valence-corrected chi connectivity index (χ2v) is 6.70. The van der Waals surface area contributed by atoms with Gasteiger partial charge in [0, 0.05) is 11.8 Å². The van der Waals surface area contributed by atoms with Crippen molar-refractivity contribution in [3.8, 4) is 0 Å². The largest absolute Gasteiger partial charge is 0.285 e. The van der Waals surface area contributed by atoms with Crippen LogP contribution in [0.3, 0.4) is 0 Å². The smallest absolute Gasteiger partial charge is 0.267 e. The molecule has 0 spiro atoms. The number of thiocarbonyl (C=S) groups is 1. The van der Waals surface area contributed by atoms with E-state index in [1.165, 1.54) is 0 Å². The number of pyridine rings is 1. The number of nitrogens with zero attached hydrogens (tertiary/aromatic N) is 2. The summed E-state index contributed by atoms with van der Waals surface area (Å²) >= 11 is 6.34. The predicted molar refractivity (Wildman–Crippen MR) is 97.9 cm³/mol. The van der Waals surface area contributed by atoms with Crippen LogP contribution in [0.5, 0.6) is 0 Å². The standard InChI is InChI=1S/C17H13N3O2S2/c1-11-6-2-3-8-13(11)15(21)19-20-16(22)14(24-17(20)23)10-12-7-4-5-9-18-12/h2-10H,1H3,(H,19,21)/b14-10+. The van der Waals surface area contributed by atoms with Gasteiger partial charge < -0.3 is 0 Å². The molecule has 3 rings (SSSR count). The molecule has 24 heavy (non-hydrogen) atoms. The van der Waals surface area contributed by atoms with Crippen LogP contribution >= 0.6 is 24.0 Å². The molecule has 1 fully saturated rings. The summed E-state index contributed by atoms with van der Waals surface area (Å²) < 4.78 is 0.282. The van der Waals surface area contributed by atoms with Gasteiger partial charge in [-0.2, -0.15) is 5.01 Å². The molecule has 1 aliphatic heterocycles. The number of thioether (sulfide) groups is 1. The number of rotatable bonds is 3. The molecule has 5 nitrogen and oxygen atoms in total. The fourth-order valence-corrected chi connectivity index (χ4v) is 3.31. The Hall–Kier alpha value is -2.51. The van der Waals surface area contributed by atoms with Crippen LogP contribution in [0.4, 0.5) is 0 Å². The normalized spacial score (nSPS) is 15.9. The van der Waals surface area contributed by atoms with Crippen molar-refractivity contribution in [1.29, 1.82) is 0 Å². The van der Waals surface area contributed by atoms with Crippen LogP contribution in [-0.2, 0) is 4.79 Å². The highest BCUT2D eigenvalue weighted by Crippen LogP contribution is 2.31. The van der Waals surface area contributed by atoms with Crippen LogP contribution in [0.25, 0.3) is 6.08 Å². The van der Waals surface area contributed by atoms with Crippen LogP contribution in [-0.4, -0.2) is 26.1 Å². The average molecular weight is 355 g/mol. The quantitative estimate of drug-likeness (QED) is 0.677. The first-order valence-electron chi connectivity index (χ1n) is 7.12. The second-order valence-electron chi connectivity index (χ2n) is 5.03. The number of hydrazine groups is 1. The van der Waals surface area contributed by atoms with Crippen LogP contribution in [0.15, 0.2) is 53.6 Å². The molecule has 0 unspecified atom stereocenters. The van der Waals surface area contributed by atoms with Gasteiger partial charge in [-0.3, -0.25) is 20.0 Å². The summed E-state index contributed by atoms with van der Waals surface area (Å²) in [5.41, 5.74) is 4.55. The third-order valence-corrected chi connectivity index (χ3v) is 4.67. The fourth-order valence-electron chi connectivity index (χ4n) is 2.15. The predicted octanol–water partition coefficient (Wildman–Crippen LogP) is 2.94. The van der Waals surface area contributed by atoms with Gasteiger partial charge in [-0.15, -0.1) is 0 Å². The fraction of sp³-hybridized carbons (Fsp3) is 0.0588. The van der Waals surface area contributed by atoms with E-state index in [1.807, 2.05) is 25.1 Å². The van der Waals surface area contributed by atoms with Crippen LogP contribution in [0.1, 0.15) is 21.6 Å². The summed E-state index contributed by atoms with van der Waals surface area (Å²) in [5, 5.41) is 1.10. The van der Waals surface area contributed by atoms with Gasteiger partial charge in [-0.05, 0) is 49.0 Å². The highest BCUT2D eigenvalue weighted by molar-refractivity contribution is 8.26. The van der Waals surface area contributed by atoms with Crippen molar-refractivity contribution < 1.29 is 9.59 Å². The van der Waals surface area contributed by atoms with Crippen molar-refractivity contribution in [2.75, 3.05) is 0 Å². The lowest BCUT2D eigenvalue weighted by Crippen LogP contribution is -2.45. The SMILES string of the molecule is Cc1ccccc1C(=O)NN1C(=O)/C(=C\c2ccccn2)SC1=S. The minimum absolute atomic E-state index is 0.282. The third kappa shape index (κ3) is 3.37. The molecule has 0 bridgehead atoms. The zero-order chi connectivity index (χ0) is 17.1. The molecule has 0 aliphatic carbocycles. The van der Waals surface area contributed by atoms with Crippen LogP contribution < -0.4 is 5.43 Å². The summed E-state index contributed by atoms with van der Waals surface area (Å²) in [6.45, 7) is 1.83. The van der Waals surface area contributed by atoms with Gasteiger partial charge in [0.05, 0.1) is 10.6 Å². The summed E-state index contributed by atoms with van der Waals surface area (Å²) in [4.78, 5) is 29.4. The van der Waals surface area contributed by atoms with Crippen LogP contribution in [0, 0.1) is 6.92 Å². The Morgan fingerprint density at radius 3 is 2.71 bits per heavy atom. The van der Waals surface area contributed by atoms with Crippen molar-refractivity contribution in [2.24, 2.45) is 0 Å². The number of nitrogens with one attached hydrogen (secondary N) is 1.